The van der Waals surface area contributed by atoms with Gasteiger partial charge in [-0.05, 0) is 50.3 Å². The Labute approximate surface area is 224 Å². The largest absolute Gasteiger partial charge is 0.465 e. The molecule has 0 spiro atoms. The Morgan fingerprint density at radius 3 is 2.31 bits per heavy atom. The van der Waals surface area contributed by atoms with E-state index in [0.717, 1.165) is 47.3 Å². The summed E-state index contributed by atoms with van der Waals surface area (Å²) in [5.74, 6) is 0.455. The smallest absolute Gasteiger partial charge is 0.405 e. The van der Waals surface area contributed by atoms with Gasteiger partial charge in [-0.15, -0.1) is 0 Å². The first-order valence-electron chi connectivity index (χ1n) is 12.9. The summed E-state index contributed by atoms with van der Waals surface area (Å²) in [6.45, 7) is 3.89. The molecule has 0 aliphatic heterocycles. The van der Waals surface area contributed by atoms with Crippen molar-refractivity contribution in [2.24, 2.45) is 7.05 Å². The van der Waals surface area contributed by atoms with Crippen molar-refractivity contribution < 1.29 is 14.3 Å². The van der Waals surface area contributed by atoms with Gasteiger partial charge in [-0.1, -0.05) is 54.6 Å². The number of rotatable bonds is 5. The van der Waals surface area contributed by atoms with E-state index in [9.17, 15) is 14.7 Å². The van der Waals surface area contributed by atoms with Crippen LogP contribution in [0.15, 0.2) is 76.1 Å². The maximum absolute atomic E-state index is 14.2. The molecule has 1 saturated carbocycles. The first-order valence-corrected chi connectivity index (χ1v) is 12.9. The highest BCUT2D eigenvalue weighted by molar-refractivity contribution is 5.96. The summed E-state index contributed by atoms with van der Waals surface area (Å²) in [5.41, 5.74) is 5.64. The molecule has 1 aliphatic carbocycles. The van der Waals surface area contributed by atoms with Gasteiger partial charge in [0, 0.05) is 30.1 Å². The van der Waals surface area contributed by atoms with Crippen molar-refractivity contribution >= 4 is 17.1 Å². The van der Waals surface area contributed by atoms with Crippen LogP contribution in [-0.4, -0.2) is 26.0 Å². The standard InChI is InChI=1S/C31H28N4O4/c1-18-24(19(2)35(3)34-18)26-29-23(14-17-32-26)27(36)25(28(39-29)21-8-5-4-6-9-21)20-10-12-22(13-11-20)31(15-7-16-31)33-30(37)38/h4-6,8-14,17,33H,7,15-16H2,1-3H3,(H,37,38). The number of carboxylic acid groups (broad SMARTS) is 1. The molecule has 39 heavy (non-hydrogen) atoms. The monoisotopic (exact) mass is 520 g/mol. The molecule has 2 N–H and O–H groups in total. The quantitative estimate of drug-likeness (QED) is 0.286. The van der Waals surface area contributed by atoms with E-state index in [1.807, 2.05) is 75.5 Å². The van der Waals surface area contributed by atoms with Crippen LogP contribution in [0, 0.1) is 13.8 Å². The van der Waals surface area contributed by atoms with Crippen molar-refractivity contribution in [2.75, 3.05) is 0 Å². The van der Waals surface area contributed by atoms with Crippen molar-refractivity contribution in [3.8, 4) is 33.7 Å². The fourth-order valence-corrected chi connectivity index (χ4v) is 5.65. The number of hydrogen-bond donors (Lipinski definition) is 2. The van der Waals surface area contributed by atoms with Gasteiger partial charge >= 0.3 is 6.09 Å². The Balaban J connectivity index is 1.58. The van der Waals surface area contributed by atoms with Gasteiger partial charge in [0.25, 0.3) is 0 Å². The normalized spacial score (nSPS) is 14.2. The summed E-state index contributed by atoms with van der Waals surface area (Å²) in [4.78, 5) is 30.2. The Morgan fingerprint density at radius 2 is 1.72 bits per heavy atom. The predicted octanol–water partition coefficient (Wildman–Crippen LogP) is 6.19. The van der Waals surface area contributed by atoms with Crippen LogP contribution in [0.3, 0.4) is 0 Å². The first kappa shape index (κ1) is 24.6. The molecule has 3 heterocycles. The van der Waals surface area contributed by atoms with Crippen LogP contribution < -0.4 is 10.7 Å². The van der Waals surface area contributed by atoms with Crippen molar-refractivity contribution in [1.29, 1.82) is 0 Å². The van der Waals surface area contributed by atoms with Crippen LogP contribution in [0.1, 0.15) is 36.2 Å². The minimum absolute atomic E-state index is 0.160. The molecule has 0 unspecified atom stereocenters. The Morgan fingerprint density at radius 1 is 1.00 bits per heavy atom. The minimum atomic E-state index is -1.04. The minimum Gasteiger partial charge on any atom is -0.465 e. The van der Waals surface area contributed by atoms with Crippen LogP contribution in [0.2, 0.25) is 0 Å². The second-order valence-electron chi connectivity index (χ2n) is 10.2. The number of nitrogens with one attached hydrogen (secondary N) is 1. The average Bonchev–Trinajstić information content (AvgIpc) is 3.17. The molecule has 0 atom stereocenters. The van der Waals surface area contributed by atoms with Crippen LogP contribution in [0.5, 0.6) is 0 Å². The Hall–Kier alpha value is -4.72. The van der Waals surface area contributed by atoms with E-state index in [0.29, 0.717) is 33.6 Å². The molecule has 1 fully saturated rings. The Bertz CT molecular complexity index is 1780. The Kier molecular flexibility index (Phi) is 5.83. The van der Waals surface area contributed by atoms with Gasteiger partial charge in [0.2, 0.25) is 5.43 Å². The molecule has 6 rings (SSSR count). The lowest BCUT2D eigenvalue weighted by atomic mass is 9.71. The molecule has 5 aromatic rings. The fraction of sp³-hybridized carbons (Fsp3) is 0.226. The van der Waals surface area contributed by atoms with Gasteiger partial charge < -0.3 is 14.8 Å². The number of hydrogen-bond acceptors (Lipinski definition) is 5. The number of carbonyl (C=O) groups is 1. The summed E-state index contributed by atoms with van der Waals surface area (Å²) in [7, 11) is 1.88. The second kappa shape index (κ2) is 9.23. The summed E-state index contributed by atoms with van der Waals surface area (Å²) < 4.78 is 8.41. The summed E-state index contributed by atoms with van der Waals surface area (Å²) in [5, 5.41) is 17.0. The molecule has 2 aromatic carbocycles. The van der Waals surface area contributed by atoms with Crippen LogP contribution >= 0.6 is 0 Å². The van der Waals surface area contributed by atoms with Crippen LogP contribution in [0.25, 0.3) is 44.7 Å². The lowest BCUT2D eigenvalue weighted by Gasteiger charge is -2.42. The van der Waals surface area contributed by atoms with Gasteiger partial charge in [0.15, 0.2) is 5.58 Å². The lowest BCUT2D eigenvalue weighted by molar-refractivity contribution is 0.144. The van der Waals surface area contributed by atoms with Crippen molar-refractivity contribution in [3.63, 3.8) is 0 Å². The molecular formula is C31H28N4O4. The molecular weight excluding hydrogens is 492 g/mol. The first-order chi connectivity index (χ1) is 18.8. The van der Waals surface area contributed by atoms with Crippen molar-refractivity contribution in [2.45, 2.75) is 38.6 Å². The highest BCUT2D eigenvalue weighted by atomic mass is 16.4. The number of nitrogens with zero attached hydrogens (tertiary/aromatic N) is 3. The molecule has 1 amide bonds. The number of pyridine rings is 1. The summed E-state index contributed by atoms with van der Waals surface area (Å²) in [6, 6.07) is 18.8. The van der Waals surface area contributed by atoms with Gasteiger partial charge in [-0.25, -0.2) is 4.79 Å². The zero-order valence-electron chi connectivity index (χ0n) is 22.0. The highest BCUT2D eigenvalue weighted by Crippen LogP contribution is 2.42. The average molecular weight is 521 g/mol. The molecule has 8 heteroatoms. The van der Waals surface area contributed by atoms with E-state index < -0.39 is 11.6 Å². The summed E-state index contributed by atoms with van der Waals surface area (Å²) >= 11 is 0. The lowest BCUT2D eigenvalue weighted by Crippen LogP contribution is -2.50. The maximum Gasteiger partial charge on any atom is 0.405 e. The van der Waals surface area contributed by atoms with Crippen LogP contribution in [-0.2, 0) is 12.6 Å². The van der Waals surface area contributed by atoms with Gasteiger partial charge in [0.1, 0.15) is 11.5 Å². The fourth-order valence-electron chi connectivity index (χ4n) is 5.65. The van der Waals surface area contributed by atoms with E-state index in [2.05, 4.69) is 15.4 Å². The molecule has 0 saturated heterocycles. The topological polar surface area (TPSA) is 110 Å². The third-order valence-corrected chi connectivity index (χ3v) is 7.87. The van der Waals surface area contributed by atoms with E-state index >= 15 is 0 Å². The second-order valence-corrected chi connectivity index (χ2v) is 10.2. The SMILES string of the molecule is Cc1nn(C)c(C)c1-c1nccc2c(=O)c(-c3ccc(C4(NC(=O)O)CCC4)cc3)c(-c3ccccc3)oc12. The molecule has 1 aliphatic rings. The summed E-state index contributed by atoms with van der Waals surface area (Å²) in [6.07, 6.45) is 3.04. The molecule has 0 radical (unpaired) electrons. The van der Waals surface area contributed by atoms with Crippen molar-refractivity contribution in [1.82, 2.24) is 20.1 Å². The predicted molar refractivity (Wildman–Crippen MR) is 150 cm³/mol. The van der Waals surface area contributed by atoms with E-state index in [1.54, 1.807) is 16.9 Å². The zero-order chi connectivity index (χ0) is 27.3. The number of aromatic nitrogens is 3. The van der Waals surface area contributed by atoms with Crippen molar-refractivity contribution in [3.05, 3.63) is 94.0 Å². The van der Waals surface area contributed by atoms with Gasteiger partial charge in [-0.3, -0.25) is 14.5 Å². The van der Waals surface area contributed by atoms with Gasteiger partial charge in [0.05, 0.1) is 22.2 Å². The molecule has 8 nitrogen and oxygen atoms in total. The number of aryl methyl sites for hydroxylation is 2. The van der Waals surface area contributed by atoms with Gasteiger partial charge in [-0.2, -0.15) is 5.10 Å². The molecule has 3 aromatic heterocycles. The number of amides is 1. The number of benzene rings is 2. The zero-order valence-corrected chi connectivity index (χ0v) is 22.0. The highest BCUT2D eigenvalue weighted by Gasteiger charge is 2.40. The third kappa shape index (κ3) is 4.00. The van der Waals surface area contributed by atoms with E-state index in [1.165, 1.54) is 0 Å². The maximum atomic E-state index is 14.2. The third-order valence-electron chi connectivity index (χ3n) is 7.87. The number of fused-ring (bicyclic) bond motifs is 1. The van der Waals surface area contributed by atoms with E-state index in [4.69, 9.17) is 4.42 Å². The van der Waals surface area contributed by atoms with Crippen LogP contribution in [0.4, 0.5) is 4.79 Å². The molecule has 0 bridgehead atoms. The van der Waals surface area contributed by atoms with E-state index in [-0.39, 0.29) is 5.43 Å². The molecule has 196 valence electrons.